The Bertz CT molecular complexity index is 426. The van der Waals surface area contributed by atoms with Crippen molar-refractivity contribution >= 4 is 17.4 Å². The maximum absolute atomic E-state index is 5.81. The molecule has 0 fully saturated rings. The van der Waals surface area contributed by atoms with Crippen LogP contribution in [0.15, 0.2) is 47.4 Å². The topological polar surface area (TPSA) is 26.0 Å². The minimum atomic E-state index is 0.773. The molecule has 15 heavy (non-hydrogen) atoms. The van der Waals surface area contributed by atoms with Crippen molar-refractivity contribution < 1.29 is 0 Å². The molecule has 0 atom stereocenters. The second-order valence-corrected chi connectivity index (χ2v) is 4.19. The monoisotopic (exact) mass is 213 g/mol. The lowest BCUT2D eigenvalue weighted by atomic mass is 10.2. The standard InChI is InChI=1S/C13H11NS/c14-12-8-4-5-9-13(12)15-10-11-6-2-1-3-7-11/h1-3,6-9H,10,14H2. The number of hydrogen-bond acceptors (Lipinski definition) is 2. The van der Waals surface area contributed by atoms with Crippen LogP contribution in [0.25, 0.3) is 0 Å². The smallest absolute Gasteiger partial charge is 0.0543 e. The fraction of sp³-hybridized carbons (Fsp3) is 0.0769. The van der Waals surface area contributed by atoms with E-state index in [1.54, 1.807) is 17.8 Å². The zero-order valence-electron chi connectivity index (χ0n) is 8.23. The summed E-state index contributed by atoms with van der Waals surface area (Å²) in [7, 11) is 0. The van der Waals surface area contributed by atoms with Crippen LogP contribution in [0, 0.1) is 12.1 Å². The van der Waals surface area contributed by atoms with Gasteiger partial charge in [-0.3, -0.25) is 0 Å². The third-order valence-corrected chi connectivity index (χ3v) is 3.18. The van der Waals surface area contributed by atoms with E-state index in [2.05, 4.69) is 24.3 Å². The summed E-state index contributed by atoms with van der Waals surface area (Å²) in [6.07, 6.45) is 0. The van der Waals surface area contributed by atoms with Crippen molar-refractivity contribution in [3.63, 3.8) is 0 Å². The van der Waals surface area contributed by atoms with Crippen LogP contribution in [0.3, 0.4) is 0 Å². The van der Waals surface area contributed by atoms with Crippen LogP contribution in [-0.4, -0.2) is 0 Å². The van der Waals surface area contributed by atoms with Gasteiger partial charge in [0.2, 0.25) is 0 Å². The first-order chi connectivity index (χ1) is 7.36. The number of rotatable bonds is 3. The molecule has 0 aliphatic heterocycles. The lowest BCUT2D eigenvalue weighted by molar-refractivity contribution is 1.39. The zero-order valence-corrected chi connectivity index (χ0v) is 9.05. The van der Waals surface area contributed by atoms with E-state index >= 15 is 0 Å². The predicted molar refractivity (Wildman–Crippen MR) is 64.5 cm³/mol. The van der Waals surface area contributed by atoms with Gasteiger partial charge in [-0.2, -0.15) is 0 Å². The van der Waals surface area contributed by atoms with Crippen molar-refractivity contribution in [2.45, 2.75) is 10.6 Å². The average molecular weight is 213 g/mol. The van der Waals surface area contributed by atoms with Gasteiger partial charge in [-0.05, 0) is 5.56 Å². The van der Waals surface area contributed by atoms with Crippen molar-refractivity contribution in [3.8, 4) is 0 Å². The van der Waals surface area contributed by atoms with Crippen LogP contribution in [0.2, 0.25) is 0 Å². The molecule has 0 radical (unpaired) electrons. The summed E-state index contributed by atoms with van der Waals surface area (Å²) in [5.41, 5.74) is 7.89. The number of thioether (sulfide) groups is 1. The van der Waals surface area contributed by atoms with Gasteiger partial charge < -0.3 is 5.73 Å². The molecule has 0 aliphatic carbocycles. The van der Waals surface area contributed by atoms with Crippen molar-refractivity contribution in [2.75, 3.05) is 5.73 Å². The maximum Gasteiger partial charge on any atom is 0.0543 e. The predicted octanol–water partition coefficient (Wildman–Crippen LogP) is 3.16. The molecule has 0 aromatic heterocycles. The zero-order chi connectivity index (χ0) is 10.5. The van der Waals surface area contributed by atoms with E-state index in [4.69, 9.17) is 5.73 Å². The van der Waals surface area contributed by atoms with Gasteiger partial charge in [0, 0.05) is 22.8 Å². The van der Waals surface area contributed by atoms with E-state index in [0.717, 1.165) is 16.3 Å². The van der Waals surface area contributed by atoms with Crippen molar-refractivity contribution in [2.24, 2.45) is 0 Å². The van der Waals surface area contributed by atoms with E-state index in [1.165, 1.54) is 5.56 Å². The maximum atomic E-state index is 5.81. The Kier molecular flexibility index (Phi) is 3.16. The van der Waals surface area contributed by atoms with Crippen LogP contribution < -0.4 is 5.73 Å². The van der Waals surface area contributed by atoms with Gasteiger partial charge in [0.15, 0.2) is 0 Å². The first-order valence-corrected chi connectivity index (χ1v) is 5.69. The molecular weight excluding hydrogens is 202 g/mol. The molecule has 0 heterocycles. The highest BCUT2D eigenvalue weighted by Crippen LogP contribution is 2.26. The number of nitrogen functional groups attached to an aromatic ring is 1. The summed E-state index contributed by atoms with van der Waals surface area (Å²) >= 11 is 1.72. The third-order valence-electron chi connectivity index (χ3n) is 2.04. The van der Waals surface area contributed by atoms with Crippen molar-refractivity contribution in [1.82, 2.24) is 0 Å². The Balaban J connectivity index is 2.03. The van der Waals surface area contributed by atoms with Crippen LogP contribution >= 0.6 is 11.8 Å². The van der Waals surface area contributed by atoms with Gasteiger partial charge in [0.1, 0.15) is 0 Å². The average Bonchev–Trinajstić information content (AvgIpc) is 2.29. The summed E-state index contributed by atoms with van der Waals surface area (Å²) in [5, 5.41) is 0. The molecule has 0 saturated heterocycles. The van der Waals surface area contributed by atoms with Crippen molar-refractivity contribution in [1.29, 1.82) is 0 Å². The largest absolute Gasteiger partial charge is 0.397 e. The molecule has 2 aromatic carbocycles. The van der Waals surface area contributed by atoms with Gasteiger partial charge in [-0.1, -0.05) is 42.5 Å². The summed E-state index contributed by atoms with van der Waals surface area (Å²) in [4.78, 5) is 1.07. The second kappa shape index (κ2) is 4.77. The van der Waals surface area contributed by atoms with Crippen LogP contribution in [0.4, 0.5) is 5.69 Å². The fourth-order valence-electron chi connectivity index (χ4n) is 1.24. The first kappa shape index (κ1) is 9.95. The molecule has 0 aliphatic rings. The van der Waals surface area contributed by atoms with E-state index in [-0.39, 0.29) is 0 Å². The number of nitrogens with two attached hydrogens (primary N) is 1. The Morgan fingerprint density at radius 3 is 2.53 bits per heavy atom. The van der Waals surface area contributed by atoms with Crippen LogP contribution in [-0.2, 0) is 5.75 Å². The quantitative estimate of drug-likeness (QED) is 0.792. The molecule has 2 N–H and O–H groups in total. The normalized spacial score (nSPS) is 9.60. The Morgan fingerprint density at radius 2 is 1.80 bits per heavy atom. The summed E-state index contributed by atoms with van der Waals surface area (Å²) in [6, 6.07) is 19.7. The van der Waals surface area contributed by atoms with Crippen LogP contribution in [0.5, 0.6) is 0 Å². The molecule has 2 heteroatoms. The van der Waals surface area contributed by atoms with Gasteiger partial charge in [-0.25, -0.2) is 0 Å². The Hall–Kier alpha value is -1.59. The minimum absolute atomic E-state index is 0.773. The lowest BCUT2D eigenvalue weighted by Crippen LogP contribution is -1.87. The SMILES string of the molecule is Nc1cc#ccc1SCc1ccccc1. The molecule has 1 nitrogen and oxygen atoms in total. The molecule has 0 spiro atoms. The highest BCUT2D eigenvalue weighted by molar-refractivity contribution is 7.98. The van der Waals surface area contributed by atoms with Crippen molar-refractivity contribution in [3.05, 3.63) is 60.2 Å². The minimum Gasteiger partial charge on any atom is -0.397 e. The van der Waals surface area contributed by atoms with E-state index in [0.29, 0.717) is 0 Å². The van der Waals surface area contributed by atoms with Gasteiger partial charge >= 0.3 is 0 Å². The molecule has 0 unspecified atom stereocenters. The summed E-state index contributed by atoms with van der Waals surface area (Å²) in [6.45, 7) is 0. The lowest BCUT2D eigenvalue weighted by Gasteiger charge is -2.02. The molecule has 2 aromatic rings. The number of anilines is 1. The van der Waals surface area contributed by atoms with Gasteiger partial charge in [0.25, 0.3) is 0 Å². The van der Waals surface area contributed by atoms with Gasteiger partial charge in [-0.15, -0.1) is 11.8 Å². The molecule has 0 saturated carbocycles. The summed E-state index contributed by atoms with van der Waals surface area (Å²) in [5.74, 6) is 0.933. The van der Waals surface area contributed by atoms with E-state index in [1.807, 2.05) is 24.3 Å². The molecule has 2 rings (SSSR count). The summed E-state index contributed by atoms with van der Waals surface area (Å²) < 4.78 is 0. The second-order valence-electron chi connectivity index (χ2n) is 3.17. The Morgan fingerprint density at radius 1 is 1.07 bits per heavy atom. The first-order valence-electron chi connectivity index (χ1n) is 4.70. The highest BCUT2D eigenvalue weighted by atomic mass is 32.2. The number of hydrogen-bond donors (Lipinski definition) is 1. The van der Waals surface area contributed by atoms with E-state index in [9.17, 15) is 0 Å². The third kappa shape index (κ3) is 2.68. The van der Waals surface area contributed by atoms with E-state index < -0.39 is 0 Å². The fourth-order valence-corrected chi connectivity index (χ4v) is 2.12. The molecule has 0 amide bonds. The highest BCUT2D eigenvalue weighted by Gasteiger charge is 1.98. The molecule has 74 valence electrons. The van der Waals surface area contributed by atoms with Crippen LogP contribution in [0.1, 0.15) is 5.56 Å². The Labute approximate surface area is 94.3 Å². The molecule has 0 bridgehead atoms. The van der Waals surface area contributed by atoms with Gasteiger partial charge in [0.05, 0.1) is 5.69 Å². The molecular formula is C13H11NS. The number of benzene rings is 1.